The molecule has 1 aromatic rings. The molecule has 2 nitrogen and oxygen atoms in total. The van der Waals surface area contributed by atoms with Gasteiger partial charge in [-0.15, -0.1) is 0 Å². The van der Waals surface area contributed by atoms with Crippen molar-refractivity contribution in [3.63, 3.8) is 0 Å². The zero-order valence-electron chi connectivity index (χ0n) is 10.1. The predicted octanol–water partition coefficient (Wildman–Crippen LogP) is 3.35. The van der Waals surface area contributed by atoms with E-state index in [4.69, 9.17) is 4.74 Å². The Kier molecular flexibility index (Phi) is 2.81. The molecular weight excluding hydrogens is 190 g/mol. The standard InChI is InChI=1S/C11H21NOSi/c1-11(2,3)13-10-7-8-12(9-10)14(4,5)6/h7-9H,1-6H3. The minimum atomic E-state index is -1.25. The van der Waals surface area contributed by atoms with E-state index in [-0.39, 0.29) is 5.60 Å². The molecule has 0 unspecified atom stereocenters. The van der Waals surface area contributed by atoms with E-state index >= 15 is 0 Å². The lowest BCUT2D eigenvalue weighted by Crippen LogP contribution is -2.30. The molecule has 0 amide bonds. The number of hydrogen-bond donors (Lipinski definition) is 0. The molecule has 0 fully saturated rings. The van der Waals surface area contributed by atoms with Crippen LogP contribution in [0.4, 0.5) is 0 Å². The van der Waals surface area contributed by atoms with E-state index in [1.165, 1.54) is 0 Å². The normalized spacial score (nSPS) is 13.0. The Morgan fingerprint density at radius 3 is 2.14 bits per heavy atom. The zero-order chi connectivity index (χ0) is 11.0. The van der Waals surface area contributed by atoms with Crippen molar-refractivity contribution in [3.05, 3.63) is 18.5 Å². The van der Waals surface area contributed by atoms with E-state index in [0.29, 0.717) is 0 Å². The van der Waals surface area contributed by atoms with Crippen LogP contribution in [0.3, 0.4) is 0 Å². The van der Waals surface area contributed by atoms with Crippen molar-refractivity contribution in [2.24, 2.45) is 0 Å². The minimum Gasteiger partial charge on any atom is -0.487 e. The maximum Gasteiger partial charge on any atom is 0.152 e. The molecule has 1 aromatic heterocycles. The Labute approximate surface area is 88.0 Å². The van der Waals surface area contributed by atoms with Gasteiger partial charge in [0, 0.05) is 6.20 Å². The van der Waals surface area contributed by atoms with Gasteiger partial charge in [-0.1, -0.05) is 19.6 Å². The van der Waals surface area contributed by atoms with Gasteiger partial charge in [0.05, 0.1) is 0 Å². The quantitative estimate of drug-likeness (QED) is 0.684. The average molecular weight is 211 g/mol. The van der Waals surface area contributed by atoms with E-state index in [9.17, 15) is 0 Å². The fourth-order valence-electron chi connectivity index (χ4n) is 1.21. The topological polar surface area (TPSA) is 14.2 Å². The number of nitrogens with zero attached hydrogens (tertiary/aromatic N) is 1. The Balaban J connectivity index is 2.79. The molecule has 0 aromatic carbocycles. The fourth-order valence-corrected chi connectivity index (χ4v) is 2.24. The third-order valence-corrected chi connectivity index (χ3v) is 3.69. The van der Waals surface area contributed by atoms with Crippen molar-refractivity contribution >= 4 is 8.24 Å². The largest absolute Gasteiger partial charge is 0.487 e. The molecular formula is C11H21NOSi. The monoisotopic (exact) mass is 211 g/mol. The van der Waals surface area contributed by atoms with Crippen LogP contribution < -0.4 is 4.74 Å². The van der Waals surface area contributed by atoms with Crippen LogP contribution in [0.1, 0.15) is 20.8 Å². The van der Waals surface area contributed by atoms with E-state index in [2.05, 4.69) is 57.0 Å². The first-order valence-electron chi connectivity index (χ1n) is 5.06. The first-order chi connectivity index (χ1) is 6.18. The summed E-state index contributed by atoms with van der Waals surface area (Å²) in [4.78, 5) is 0. The molecule has 1 rings (SSSR count). The molecule has 0 aliphatic rings. The number of ether oxygens (including phenoxy) is 1. The third-order valence-electron chi connectivity index (χ3n) is 1.86. The van der Waals surface area contributed by atoms with E-state index < -0.39 is 8.24 Å². The summed E-state index contributed by atoms with van der Waals surface area (Å²) in [6, 6.07) is 2.05. The molecule has 0 bridgehead atoms. The first-order valence-corrected chi connectivity index (χ1v) is 8.51. The molecule has 14 heavy (non-hydrogen) atoms. The average Bonchev–Trinajstić information content (AvgIpc) is 2.29. The third kappa shape index (κ3) is 3.22. The molecule has 0 aliphatic heterocycles. The van der Waals surface area contributed by atoms with Gasteiger partial charge >= 0.3 is 0 Å². The van der Waals surface area contributed by atoms with Crippen LogP contribution in [0.25, 0.3) is 0 Å². The number of aromatic nitrogens is 1. The van der Waals surface area contributed by atoms with Gasteiger partial charge in [-0.2, -0.15) is 0 Å². The summed E-state index contributed by atoms with van der Waals surface area (Å²) in [5.41, 5.74) is -0.106. The summed E-state index contributed by atoms with van der Waals surface area (Å²) in [6.45, 7) is 13.1. The highest BCUT2D eigenvalue weighted by molar-refractivity contribution is 6.74. The second-order valence-corrected chi connectivity index (χ2v) is 10.5. The Morgan fingerprint density at radius 1 is 1.21 bits per heavy atom. The molecule has 0 spiro atoms. The lowest BCUT2D eigenvalue weighted by Gasteiger charge is -2.21. The summed E-state index contributed by atoms with van der Waals surface area (Å²) in [5.74, 6) is 0.972. The van der Waals surface area contributed by atoms with E-state index in [0.717, 1.165) is 5.75 Å². The van der Waals surface area contributed by atoms with Crippen LogP contribution in [0.15, 0.2) is 18.5 Å². The first kappa shape index (κ1) is 11.4. The SMILES string of the molecule is CC(C)(C)Oc1ccn([Si](C)(C)C)c1. The highest BCUT2D eigenvalue weighted by atomic mass is 28.3. The molecule has 0 aliphatic carbocycles. The van der Waals surface area contributed by atoms with Crippen LogP contribution in [0.2, 0.25) is 19.6 Å². The van der Waals surface area contributed by atoms with Crippen molar-refractivity contribution in [1.29, 1.82) is 0 Å². The maximum absolute atomic E-state index is 5.78. The van der Waals surface area contributed by atoms with Crippen molar-refractivity contribution in [2.75, 3.05) is 0 Å². The van der Waals surface area contributed by atoms with Crippen LogP contribution in [-0.4, -0.2) is 18.1 Å². The van der Waals surface area contributed by atoms with Crippen LogP contribution >= 0.6 is 0 Å². The molecule has 0 atom stereocenters. The van der Waals surface area contributed by atoms with Crippen LogP contribution in [0.5, 0.6) is 5.75 Å². The summed E-state index contributed by atoms with van der Waals surface area (Å²) < 4.78 is 8.08. The van der Waals surface area contributed by atoms with E-state index in [1.807, 2.05) is 6.07 Å². The summed E-state index contributed by atoms with van der Waals surface area (Å²) >= 11 is 0. The second kappa shape index (κ2) is 3.46. The van der Waals surface area contributed by atoms with Gasteiger partial charge in [-0.3, -0.25) is 0 Å². The summed E-state index contributed by atoms with van der Waals surface area (Å²) in [6.07, 6.45) is 4.23. The fraction of sp³-hybridized carbons (Fsp3) is 0.636. The van der Waals surface area contributed by atoms with E-state index in [1.54, 1.807) is 0 Å². The van der Waals surface area contributed by atoms with Crippen LogP contribution in [-0.2, 0) is 0 Å². The molecule has 0 saturated carbocycles. The maximum atomic E-state index is 5.78. The number of rotatable bonds is 2. The van der Waals surface area contributed by atoms with Gasteiger partial charge in [0.2, 0.25) is 0 Å². The molecule has 0 radical (unpaired) electrons. The van der Waals surface area contributed by atoms with Crippen molar-refractivity contribution in [1.82, 2.24) is 4.23 Å². The summed E-state index contributed by atoms with van der Waals surface area (Å²) in [5, 5.41) is 0. The summed E-state index contributed by atoms with van der Waals surface area (Å²) in [7, 11) is -1.25. The van der Waals surface area contributed by atoms with Crippen molar-refractivity contribution < 1.29 is 4.74 Å². The van der Waals surface area contributed by atoms with Crippen molar-refractivity contribution in [2.45, 2.75) is 46.0 Å². The Morgan fingerprint density at radius 2 is 1.79 bits per heavy atom. The van der Waals surface area contributed by atoms with Gasteiger partial charge in [-0.25, -0.2) is 0 Å². The lowest BCUT2D eigenvalue weighted by atomic mass is 10.2. The van der Waals surface area contributed by atoms with Gasteiger partial charge < -0.3 is 8.97 Å². The Hall–Kier alpha value is -0.703. The molecule has 80 valence electrons. The molecule has 1 heterocycles. The van der Waals surface area contributed by atoms with Crippen molar-refractivity contribution in [3.8, 4) is 5.75 Å². The van der Waals surface area contributed by atoms with Gasteiger partial charge in [0.15, 0.2) is 8.24 Å². The second-order valence-electron chi connectivity index (χ2n) is 5.64. The zero-order valence-corrected chi connectivity index (χ0v) is 11.1. The highest BCUT2D eigenvalue weighted by Crippen LogP contribution is 2.20. The molecule has 0 saturated heterocycles. The van der Waals surface area contributed by atoms with Crippen LogP contribution in [0, 0.1) is 0 Å². The van der Waals surface area contributed by atoms with Gasteiger partial charge in [0.1, 0.15) is 11.4 Å². The number of hydrogen-bond acceptors (Lipinski definition) is 1. The highest BCUT2D eigenvalue weighted by Gasteiger charge is 2.18. The predicted molar refractivity (Wildman–Crippen MR) is 63.6 cm³/mol. The Bertz CT molecular complexity index is 304. The van der Waals surface area contributed by atoms with Gasteiger partial charge in [0.25, 0.3) is 0 Å². The smallest absolute Gasteiger partial charge is 0.152 e. The lowest BCUT2D eigenvalue weighted by molar-refractivity contribution is 0.131. The van der Waals surface area contributed by atoms with Gasteiger partial charge in [-0.05, 0) is 33.0 Å². The minimum absolute atomic E-state index is 0.106. The molecule has 0 N–H and O–H groups in total. The molecule has 3 heteroatoms.